The predicted octanol–water partition coefficient (Wildman–Crippen LogP) is 2.72. The van der Waals surface area contributed by atoms with Crippen molar-refractivity contribution < 1.29 is 4.21 Å². The molecule has 1 atom stereocenters. The molecule has 6 heteroatoms. The van der Waals surface area contributed by atoms with Gasteiger partial charge >= 0.3 is 0 Å². The number of pyridine rings is 1. The molecule has 0 aliphatic rings. The van der Waals surface area contributed by atoms with Crippen LogP contribution in [-0.4, -0.2) is 29.9 Å². The number of hydrogen-bond acceptors (Lipinski definition) is 3. The molecule has 2 aromatic heterocycles. The summed E-state index contributed by atoms with van der Waals surface area (Å²) < 4.78 is 17.5. The van der Waals surface area contributed by atoms with Crippen LogP contribution in [0.15, 0.2) is 22.9 Å². The van der Waals surface area contributed by atoms with Crippen LogP contribution >= 0.6 is 0 Å². The molecule has 0 aromatic carbocycles. The quantitative estimate of drug-likeness (QED) is 0.814. The van der Waals surface area contributed by atoms with E-state index in [9.17, 15) is 4.21 Å². The van der Waals surface area contributed by atoms with Crippen molar-refractivity contribution in [3.8, 4) is 0 Å². The fourth-order valence-corrected chi connectivity index (χ4v) is 2.23. The summed E-state index contributed by atoms with van der Waals surface area (Å²) in [5.74, 6) is 0. The normalized spacial score (nSPS) is 14.2. The summed E-state index contributed by atoms with van der Waals surface area (Å²) in [5, 5.41) is 5.36. The lowest BCUT2D eigenvalue weighted by atomic mass is 10.3. The van der Waals surface area contributed by atoms with Gasteiger partial charge in [0.1, 0.15) is 11.0 Å². The minimum Gasteiger partial charge on any atom is -0.263 e. The highest BCUT2D eigenvalue weighted by atomic mass is 32.2. The smallest absolute Gasteiger partial charge is 0.144 e. The summed E-state index contributed by atoms with van der Waals surface area (Å²) in [4.78, 5) is 4.33. The lowest BCUT2D eigenvalue weighted by molar-refractivity contribution is 0.622. The van der Waals surface area contributed by atoms with E-state index in [2.05, 4.69) is 21.4 Å². The summed E-state index contributed by atoms with van der Waals surface area (Å²) in [5.41, 5.74) is 1.71. The first-order valence-corrected chi connectivity index (χ1v) is 7.80. The molecule has 0 spiro atoms. The summed E-state index contributed by atoms with van der Waals surface area (Å²) in [7, 11) is -1.26. The SMILES string of the molecule is CCCn1ncc2cc(C=N[S@](=O)C(C)(C)C)ncc21. The van der Waals surface area contributed by atoms with Crippen molar-refractivity contribution in [2.24, 2.45) is 4.40 Å². The molecule has 0 bridgehead atoms. The highest BCUT2D eigenvalue weighted by molar-refractivity contribution is 7.85. The van der Waals surface area contributed by atoms with Crippen LogP contribution in [0.3, 0.4) is 0 Å². The summed E-state index contributed by atoms with van der Waals surface area (Å²) in [6, 6.07) is 1.91. The van der Waals surface area contributed by atoms with Crippen LogP contribution in [0.2, 0.25) is 0 Å². The van der Waals surface area contributed by atoms with Gasteiger partial charge in [-0.25, -0.2) is 4.21 Å². The topological polar surface area (TPSA) is 60.1 Å². The minimum atomic E-state index is -1.26. The van der Waals surface area contributed by atoms with Gasteiger partial charge in [0.05, 0.1) is 34.6 Å². The van der Waals surface area contributed by atoms with E-state index >= 15 is 0 Å². The number of nitrogens with zero attached hydrogens (tertiary/aromatic N) is 4. The van der Waals surface area contributed by atoms with Gasteiger partial charge in [-0.2, -0.15) is 9.50 Å². The lowest BCUT2D eigenvalue weighted by Crippen LogP contribution is -2.19. The maximum Gasteiger partial charge on any atom is 0.144 e. The summed E-state index contributed by atoms with van der Waals surface area (Å²) in [6.45, 7) is 8.68. The highest BCUT2D eigenvalue weighted by Gasteiger charge is 2.18. The van der Waals surface area contributed by atoms with Crippen LogP contribution < -0.4 is 0 Å². The van der Waals surface area contributed by atoms with E-state index in [0.717, 1.165) is 23.9 Å². The largest absolute Gasteiger partial charge is 0.263 e. The summed E-state index contributed by atoms with van der Waals surface area (Å²) >= 11 is 0. The molecule has 2 rings (SSSR count). The van der Waals surface area contributed by atoms with E-state index in [4.69, 9.17) is 0 Å². The molecule has 0 radical (unpaired) electrons. The second kappa shape index (κ2) is 5.83. The van der Waals surface area contributed by atoms with Gasteiger partial charge in [0.2, 0.25) is 0 Å². The molecule has 5 nitrogen and oxygen atoms in total. The molecular formula is C14H20N4OS. The van der Waals surface area contributed by atoms with Crippen LogP contribution in [-0.2, 0) is 17.5 Å². The maximum atomic E-state index is 11.9. The predicted molar refractivity (Wildman–Crippen MR) is 83.3 cm³/mol. The van der Waals surface area contributed by atoms with E-state index < -0.39 is 11.0 Å². The number of fused-ring (bicyclic) bond motifs is 1. The number of aryl methyl sites for hydroxylation is 1. The highest BCUT2D eigenvalue weighted by Crippen LogP contribution is 2.15. The van der Waals surface area contributed by atoms with Crippen LogP contribution in [0, 0.1) is 0 Å². The zero-order chi connectivity index (χ0) is 14.8. The monoisotopic (exact) mass is 292 g/mol. The summed E-state index contributed by atoms with van der Waals surface area (Å²) in [6.07, 6.45) is 6.21. The Balaban J connectivity index is 2.25. The zero-order valence-corrected chi connectivity index (χ0v) is 13.1. The Morgan fingerprint density at radius 2 is 2.15 bits per heavy atom. The lowest BCUT2D eigenvalue weighted by Gasteiger charge is -2.12. The van der Waals surface area contributed by atoms with Crippen LogP contribution in [0.5, 0.6) is 0 Å². The van der Waals surface area contributed by atoms with Gasteiger partial charge in [0, 0.05) is 11.9 Å². The zero-order valence-electron chi connectivity index (χ0n) is 12.3. The van der Waals surface area contributed by atoms with E-state index in [1.807, 2.05) is 37.7 Å². The first kappa shape index (κ1) is 14.8. The molecule has 0 amide bonds. The minimum absolute atomic E-state index is 0.355. The Bertz CT molecular complexity index is 655. The van der Waals surface area contributed by atoms with Crippen molar-refractivity contribution in [1.29, 1.82) is 0 Å². The third kappa shape index (κ3) is 3.30. The van der Waals surface area contributed by atoms with Crippen LogP contribution in [0.4, 0.5) is 0 Å². The molecule has 0 unspecified atom stereocenters. The van der Waals surface area contributed by atoms with Gasteiger partial charge in [-0.05, 0) is 33.3 Å². The second-order valence-electron chi connectivity index (χ2n) is 5.63. The Kier molecular flexibility index (Phi) is 4.32. The molecule has 0 saturated heterocycles. The first-order chi connectivity index (χ1) is 9.41. The van der Waals surface area contributed by atoms with Crippen LogP contribution in [0.25, 0.3) is 10.9 Å². The molecule has 0 saturated carbocycles. The number of aromatic nitrogens is 3. The Morgan fingerprint density at radius 3 is 2.80 bits per heavy atom. The van der Waals surface area contributed by atoms with E-state index in [1.54, 1.807) is 12.4 Å². The molecule has 2 heterocycles. The molecule has 0 aliphatic carbocycles. The van der Waals surface area contributed by atoms with Gasteiger partial charge < -0.3 is 0 Å². The van der Waals surface area contributed by atoms with Gasteiger partial charge in [0.15, 0.2) is 0 Å². The second-order valence-corrected chi connectivity index (χ2v) is 7.57. The number of hydrogen-bond donors (Lipinski definition) is 0. The molecule has 0 N–H and O–H groups in total. The molecule has 108 valence electrons. The van der Waals surface area contributed by atoms with Crippen molar-refractivity contribution in [2.45, 2.75) is 45.4 Å². The third-order valence-corrected chi connectivity index (χ3v) is 4.13. The van der Waals surface area contributed by atoms with Gasteiger partial charge in [-0.3, -0.25) is 9.67 Å². The Hall–Kier alpha value is -1.56. The van der Waals surface area contributed by atoms with E-state index in [-0.39, 0.29) is 4.75 Å². The van der Waals surface area contributed by atoms with Gasteiger partial charge in [-0.1, -0.05) is 6.92 Å². The maximum absolute atomic E-state index is 11.9. The standard InChI is InChI=1S/C14H20N4OS/c1-5-6-18-13-10-15-12(7-11(13)8-16-18)9-17-20(19)14(2,3)4/h7-10H,5-6H2,1-4H3/t20-/m1/s1. The van der Waals surface area contributed by atoms with E-state index in [1.165, 1.54) is 0 Å². The Morgan fingerprint density at radius 1 is 1.40 bits per heavy atom. The molecule has 20 heavy (non-hydrogen) atoms. The van der Waals surface area contributed by atoms with Gasteiger partial charge in [0.25, 0.3) is 0 Å². The number of rotatable bonds is 4. The van der Waals surface area contributed by atoms with Gasteiger partial charge in [-0.15, -0.1) is 0 Å². The van der Waals surface area contributed by atoms with Crippen molar-refractivity contribution in [2.75, 3.05) is 0 Å². The molecule has 2 aromatic rings. The van der Waals surface area contributed by atoms with Crippen molar-refractivity contribution in [3.05, 3.63) is 24.2 Å². The van der Waals surface area contributed by atoms with E-state index in [0.29, 0.717) is 5.69 Å². The molecule has 0 fully saturated rings. The average molecular weight is 292 g/mol. The molecular weight excluding hydrogens is 272 g/mol. The average Bonchev–Trinajstić information content (AvgIpc) is 2.78. The van der Waals surface area contributed by atoms with Crippen molar-refractivity contribution in [3.63, 3.8) is 0 Å². The Labute approximate surface area is 121 Å². The fourth-order valence-electron chi connectivity index (χ4n) is 1.71. The third-order valence-electron chi connectivity index (χ3n) is 2.79. The van der Waals surface area contributed by atoms with Crippen molar-refractivity contribution >= 4 is 28.1 Å². The first-order valence-electron chi connectivity index (χ1n) is 6.69. The van der Waals surface area contributed by atoms with Crippen molar-refractivity contribution in [1.82, 2.24) is 14.8 Å². The van der Waals surface area contributed by atoms with Crippen LogP contribution in [0.1, 0.15) is 39.8 Å². The molecule has 0 aliphatic heterocycles. The fraction of sp³-hybridized carbons (Fsp3) is 0.500.